The Hall–Kier alpha value is -2.49. The Morgan fingerprint density at radius 1 is 1.24 bits per heavy atom. The molecular weight excluding hydrogens is 264 g/mol. The van der Waals surface area contributed by atoms with Crippen LogP contribution in [0, 0.1) is 0 Å². The predicted molar refractivity (Wildman–Crippen MR) is 84.0 cm³/mol. The Labute approximate surface area is 124 Å². The van der Waals surface area contributed by atoms with Crippen molar-refractivity contribution >= 4 is 23.0 Å². The van der Waals surface area contributed by atoms with Gasteiger partial charge >= 0.3 is 5.97 Å². The van der Waals surface area contributed by atoms with Crippen molar-refractivity contribution < 1.29 is 9.53 Å². The highest BCUT2D eigenvalue weighted by molar-refractivity contribution is 5.98. The van der Waals surface area contributed by atoms with E-state index in [9.17, 15) is 4.79 Å². The van der Waals surface area contributed by atoms with Crippen LogP contribution >= 0.6 is 0 Å². The van der Waals surface area contributed by atoms with Crippen molar-refractivity contribution in [2.24, 2.45) is 0 Å². The van der Waals surface area contributed by atoms with Gasteiger partial charge in [-0.15, -0.1) is 0 Å². The number of rotatable bonds is 3. The summed E-state index contributed by atoms with van der Waals surface area (Å²) in [4.78, 5) is 14.3. The maximum Gasteiger partial charge on any atom is 0.340 e. The molecule has 3 rings (SSSR count). The summed E-state index contributed by atoms with van der Waals surface area (Å²) in [5, 5.41) is 0. The summed E-state index contributed by atoms with van der Waals surface area (Å²) < 4.78 is 5.15. The van der Waals surface area contributed by atoms with E-state index in [0.29, 0.717) is 17.9 Å². The van der Waals surface area contributed by atoms with Crippen molar-refractivity contribution in [3.63, 3.8) is 0 Å². The van der Waals surface area contributed by atoms with Crippen LogP contribution in [0.5, 0.6) is 0 Å². The number of nitrogens with zero attached hydrogens (tertiary/aromatic N) is 1. The third-order valence-electron chi connectivity index (χ3n) is 3.69. The minimum absolute atomic E-state index is 0.329. The molecule has 0 saturated carbocycles. The molecule has 0 bridgehead atoms. The van der Waals surface area contributed by atoms with Gasteiger partial charge < -0.3 is 15.4 Å². The second-order valence-electron chi connectivity index (χ2n) is 5.03. The van der Waals surface area contributed by atoms with Gasteiger partial charge in [-0.1, -0.05) is 18.2 Å². The number of nitrogen functional groups attached to an aromatic ring is 1. The zero-order valence-electron chi connectivity index (χ0n) is 12.0. The van der Waals surface area contributed by atoms with Crippen LogP contribution in [0.1, 0.15) is 22.8 Å². The lowest BCUT2D eigenvalue weighted by Crippen LogP contribution is -2.18. The number of esters is 1. The molecule has 21 heavy (non-hydrogen) atoms. The zero-order valence-corrected chi connectivity index (χ0v) is 12.0. The number of fused-ring (bicyclic) bond motifs is 1. The van der Waals surface area contributed by atoms with Crippen LogP contribution < -0.4 is 10.6 Å². The van der Waals surface area contributed by atoms with Crippen LogP contribution in [-0.4, -0.2) is 19.1 Å². The average molecular weight is 282 g/mol. The number of anilines is 3. The molecular formula is C17H18N2O2. The standard InChI is InChI=1S/C17H18N2O2/c1-2-21-17(20)14-11-13(18)7-8-16(14)19-10-9-12-5-3-4-6-15(12)19/h3-8,11H,2,9-10,18H2,1H3. The highest BCUT2D eigenvalue weighted by atomic mass is 16.5. The molecule has 4 nitrogen and oxygen atoms in total. The lowest BCUT2D eigenvalue weighted by molar-refractivity contribution is 0.0527. The molecule has 0 radical (unpaired) electrons. The first-order valence-corrected chi connectivity index (χ1v) is 7.13. The van der Waals surface area contributed by atoms with Gasteiger partial charge in [0, 0.05) is 17.9 Å². The Bertz CT molecular complexity index is 682. The summed E-state index contributed by atoms with van der Waals surface area (Å²) in [5.74, 6) is -0.329. The fraction of sp³-hybridized carbons (Fsp3) is 0.235. The van der Waals surface area contributed by atoms with Gasteiger partial charge in [-0.25, -0.2) is 4.79 Å². The van der Waals surface area contributed by atoms with Gasteiger partial charge in [0.25, 0.3) is 0 Å². The Kier molecular flexibility index (Phi) is 3.52. The molecule has 0 amide bonds. The van der Waals surface area contributed by atoms with E-state index in [1.165, 1.54) is 5.56 Å². The Balaban J connectivity index is 2.05. The quantitative estimate of drug-likeness (QED) is 0.694. The summed E-state index contributed by atoms with van der Waals surface area (Å²) in [6.07, 6.45) is 0.975. The van der Waals surface area contributed by atoms with Crippen molar-refractivity contribution in [1.29, 1.82) is 0 Å². The van der Waals surface area contributed by atoms with Crippen molar-refractivity contribution in [1.82, 2.24) is 0 Å². The summed E-state index contributed by atoms with van der Waals surface area (Å²) in [6, 6.07) is 13.7. The summed E-state index contributed by atoms with van der Waals surface area (Å²) in [6.45, 7) is 3.01. The number of ether oxygens (including phenoxy) is 1. The van der Waals surface area contributed by atoms with E-state index < -0.39 is 0 Å². The monoisotopic (exact) mass is 282 g/mol. The maximum absolute atomic E-state index is 12.2. The topological polar surface area (TPSA) is 55.6 Å². The average Bonchev–Trinajstić information content (AvgIpc) is 2.91. The molecule has 2 aromatic carbocycles. The molecule has 0 atom stereocenters. The molecule has 0 aliphatic carbocycles. The number of carbonyl (C=O) groups excluding carboxylic acids is 1. The van der Waals surface area contributed by atoms with E-state index in [2.05, 4.69) is 17.0 Å². The molecule has 0 saturated heterocycles. The molecule has 2 aromatic rings. The molecule has 4 heteroatoms. The minimum atomic E-state index is -0.329. The smallest absolute Gasteiger partial charge is 0.340 e. The van der Waals surface area contributed by atoms with Crippen LogP contribution in [0.15, 0.2) is 42.5 Å². The SMILES string of the molecule is CCOC(=O)c1cc(N)ccc1N1CCc2ccccc21. The van der Waals surface area contributed by atoms with Gasteiger partial charge in [0.05, 0.1) is 17.9 Å². The van der Waals surface area contributed by atoms with Gasteiger partial charge in [-0.05, 0) is 43.2 Å². The highest BCUT2D eigenvalue weighted by Gasteiger charge is 2.24. The second-order valence-corrected chi connectivity index (χ2v) is 5.03. The second kappa shape index (κ2) is 5.48. The first-order valence-electron chi connectivity index (χ1n) is 7.13. The van der Waals surface area contributed by atoms with Crippen LogP contribution in [0.25, 0.3) is 0 Å². The first-order chi connectivity index (χ1) is 10.2. The van der Waals surface area contributed by atoms with Crippen LogP contribution in [0.2, 0.25) is 0 Å². The van der Waals surface area contributed by atoms with Crippen molar-refractivity contribution in [2.45, 2.75) is 13.3 Å². The number of nitrogens with two attached hydrogens (primary N) is 1. The molecule has 1 heterocycles. The van der Waals surface area contributed by atoms with Crippen molar-refractivity contribution in [3.8, 4) is 0 Å². The molecule has 108 valence electrons. The van der Waals surface area contributed by atoms with E-state index in [1.54, 1.807) is 13.0 Å². The number of hydrogen-bond acceptors (Lipinski definition) is 4. The maximum atomic E-state index is 12.2. The van der Waals surface area contributed by atoms with Crippen LogP contribution in [0.4, 0.5) is 17.1 Å². The molecule has 1 aliphatic heterocycles. The van der Waals surface area contributed by atoms with Gasteiger partial charge in [0.2, 0.25) is 0 Å². The molecule has 0 aromatic heterocycles. The van der Waals surface area contributed by atoms with Gasteiger partial charge in [-0.3, -0.25) is 0 Å². The summed E-state index contributed by atoms with van der Waals surface area (Å²) >= 11 is 0. The van der Waals surface area contributed by atoms with Gasteiger partial charge in [-0.2, -0.15) is 0 Å². The Morgan fingerprint density at radius 3 is 2.86 bits per heavy atom. The van der Waals surface area contributed by atoms with Gasteiger partial charge in [0.15, 0.2) is 0 Å². The van der Waals surface area contributed by atoms with Crippen molar-refractivity contribution in [2.75, 3.05) is 23.8 Å². The number of benzene rings is 2. The normalized spacial score (nSPS) is 13.1. The van der Waals surface area contributed by atoms with E-state index in [4.69, 9.17) is 10.5 Å². The zero-order chi connectivity index (χ0) is 14.8. The third kappa shape index (κ3) is 2.44. The number of carbonyl (C=O) groups is 1. The molecule has 0 fully saturated rings. The third-order valence-corrected chi connectivity index (χ3v) is 3.69. The summed E-state index contributed by atoms with van der Waals surface area (Å²) in [7, 11) is 0. The van der Waals surface area contributed by atoms with Crippen molar-refractivity contribution in [3.05, 3.63) is 53.6 Å². The minimum Gasteiger partial charge on any atom is -0.462 e. The summed E-state index contributed by atoms with van der Waals surface area (Å²) in [5.41, 5.74) is 10.2. The lowest BCUT2D eigenvalue weighted by atomic mass is 10.1. The van der Waals surface area contributed by atoms with Crippen LogP contribution in [-0.2, 0) is 11.2 Å². The van der Waals surface area contributed by atoms with E-state index in [0.717, 1.165) is 24.3 Å². The fourth-order valence-corrected chi connectivity index (χ4v) is 2.75. The van der Waals surface area contributed by atoms with E-state index in [-0.39, 0.29) is 5.97 Å². The van der Waals surface area contributed by atoms with Gasteiger partial charge in [0.1, 0.15) is 0 Å². The molecule has 0 spiro atoms. The fourth-order valence-electron chi connectivity index (χ4n) is 2.75. The highest BCUT2D eigenvalue weighted by Crippen LogP contribution is 2.36. The lowest BCUT2D eigenvalue weighted by Gasteiger charge is -2.22. The number of hydrogen-bond donors (Lipinski definition) is 1. The van der Waals surface area contributed by atoms with E-state index >= 15 is 0 Å². The first kappa shape index (κ1) is 13.5. The largest absolute Gasteiger partial charge is 0.462 e. The Morgan fingerprint density at radius 2 is 2.05 bits per heavy atom. The predicted octanol–water partition coefficient (Wildman–Crippen LogP) is 3.14. The molecule has 1 aliphatic rings. The molecule has 2 N–H and O–H groups in total. The van der Waals surface area contributed by atoms with Crippen LogP contribution in [0.3, 0.4) is 0 Å². The molecule has 0 unspecified atom stereocenters. The van der Waals surface area contributed by atoms with E-state index in [1.807, 2.05) is 24.3 Å². The number of para-hydroxylation sites is 1.